The molecule has 0 aliphatic heterocycles. The number of carbonyl (C=O) groups is 1. The summed E-state index contributed by atoms with van der Waals surface area (Å²) in [5.74, 6) is -0.126. The molecule has 1 atom stereocenters. The van der Waals surface area contributed by atoms with Gasteiger partial charge in [-0.2, -0.15) is 10.2 Å². The zero-order chi connectivity index (χ0) is 20.9. The van der Waals surface area contributed by atoms with Crippen molar-refractivity contribution in [3.63, 3.8) is 0 Å². The zero-order valence-electron chi connectivity index (χ0n) is 17.1. The van der Waals surface area contributed by atoms with Gasteiger partial charge in [-0.15, -0.1) is 0 Å². The lowest BCUT2D eigenvalue weighted by molar-refractivity contribution is 0.0931. The molecule has 0 spiro atoms. The number of aromatic nitrogens is 5. The lowest BCUT2D eigenvalue weighted by Crippen LogP contribution is -2.31. The topological polar surface area (TPSA) is 77.6 Å². The Kier molecular flexibility index (Phi) is 5.70. The largest absolute Gasteiger partial charge is 0.343 e. The number of amides is 1. The van der Waals surface area contributed by atoms with E-state index in [4.69, 9.17) is 0 Å². The highest BCUT2D eigenvalue weighted by Gasteiger charge is 2.17. The van der Waals surface area contributed by atoms with E-state index in [-0.39, 0.29) is 11.9 Å². The minimum atomic E-state index is -0.222. The maximum Gasteiger partial charge on any atom is 0.251 e. The van der Waals surface area contributed by atoms with Crippen LogP contribution in [0.5, 0.6) is 0 Å². The van der Waals surface area contributed by atoms with E-state index < -0.39 is 0 Å². The Morgan fingerprint density at radius 3 is 2.60 bits per heavy atom. The van der Waals surface area contributed by atoms with E-state index >= 15 is 0 Å². The first-order chi connectivity index (χ1) is 14.6. The van der Waals surface area contributed by atoms with Crippen LogP contribution >= 0.6 is 0 Å². The molecule has 1 amide bonds. The average molecular weight is 400 g/mol. The van der Waals surface area contributed by atoms with Crippen molar-refractivity contribution in [1.82, 2.24) is 29.9 Å². The molecule has 2 aromatic carbocycles. The fourth-order valence-corrected chi connectivity index (χ4v) is 3.49. The molecular formula is C23H24N6O. The first-order valence-electron chi connectivity index (χ1n) is 9.87. The van der Waals surface area contributed by atoms with Crippen LogP contribution in [0.3, 0.4) is 0 Å². The Morgan fingerprint density at radius 2 is 1.90 bits per heavy atom. The highest BCUT2D eigenvalue weighted by atomic mass is 16.1. The summed E-state index contributed by atoms with van der Waals surface area (Å²) >= 11 is 0. The van der Waals surface area contributed by atoms with Gasteiger partial charge in [0, 0.05) is 11.3 Å². The van der Waals surface area contributed by atoms with Gasteiger partial charge in [0.1, 0.15) is 12.7 Å². The van der Waals surface area contributed by atoms with E-state index in [9.17, 15) is 4.79 Å². The Labute approximate surface area is 175 Å². The molecule has 4 rings (SSSR count). The van der Waals surface area contributed by atoms with Crippen LogP contribution < -0.4 is 5.32 Å². The lowest BCUT2D eigenvalue weighted by Gasteiger charge is -2.19. The predicted octanol–water partition coefficient (Wildman–Crippen LogP) is 3.31. The second-order valence-corrected chi connectivity index (χ2v) is 7.34. The highest BCUT2D eigenvalue weighted by molar-refractivity contribution is 5.94. The fraction of sp³-hybridized carbons (Fsp3) is 0.217. The van der Waals surface area contributed by atoms with Crippen LogP contribution in [-0.2, 0) is 13.1 Å². The van der Waals surface area contributed by atoms with Gasteiger partial charge in [-0.1, -0.05) is 42.5 Å². The molecule has 0 bridgehead atoms. The molecule has 0 radical (unpaired) electrons. The second kappa shape index (κ2) is 8.73. The van der Waals surface area contributed by atoms with Gasteiger partial charge in [0.2, 0.25) is 0 Å². The van der Waals surface area contributed by atoms with Crippen molar-refractivity contribution >= 4 is 5.91 Å². The number of carbonyl (C=O) groups excluding carboxylic acids is 1. The second-order valence-electron chi connectivity index (χ2n) is 7.34. The smallest absolute Gasteiger partial charge is 0.251 e. The quantitative estimate of drug-likeness (QED) is 0.516. The number of benzene rings is 2. The number of hydrogen-bond donors (Lipinski definition) is 1. The van der Waals surface area contributed by atoms with E-state index in [2.05, 4.69) is 20.5 Å². The van der Waals surface area contributed by atoms with Crippen LogP contribution in [0, 0.1) is 13.8 Å². The fourth-order valence-electron chi connectivity index (χ4n) is 3.49. The van der Waals surface area contributed by atoms with Crippen molar-refractivity contribution in [3.05, 3.63) is 101 Å². The molecule has 0 saturated carbocycles. The van der Waals surface area contributed by atoms with Crippen LogP contribution in [-0.4, -0.2) is 30.5 Å². The van der Waals surface area contributed by atoms with Gasteiger partial charge in [-0.25, -0.2) is 4.98 Å². The van der Waals surface area contributed by atoms with Gasteiger partial charge in [0.05, 0.1) is 24.8 Å². The van der Waals surface area contributed by atoms with Crippen molar-refractivity contribution in [2.45, 2.75) is 33.0 Å². The van der Waals surface area contributed by atoms with Gasteiger partial charge < -0.3 is 5.32 Å². The Bertz CT molecular complexity index is 1120. The van der Waals surface area contributed by atoms with E-state index in [1.165, 1.54) is 6.33 Å². The molecule has 4 aromatic rings. The summed E-state index contributed by atoms with van der Waals surface area (Å²) in [5, 5.41) is 11.8. The molecule has 2 heterocycles. The summed E-state index contributed by atoms with van der Waals surface area (Å²) < 4.78 is 3.67. The third kappa shape index (κ3) is 4.63. The molecule has 7 nitrogen and oxygen atoms in total. The van der Waals surface area contributed by atoms with E-state index in [1.54, 1.807) is 11.0 Å². The summed E-state index contributed by atoms with van der Waals surface area (Å²) in [6.07, 6.45) is 3.14. The van der Waals surface area contributed by atoms with Crippen LogP contribution in [0.4, 0.5) is 0 Å². The van der Waals surface area contributed by atoms with Gasteiger partial charge in [-0.05, 0) is 43.2 Å². The van der Waals surface area contributed by atoms with Crippen molar-refractivity contribution in [2.24, 2.45) is 0 Å². The minimum absolute atomic E-state index is 0.126. The third-order valence-electron chi connectivity index (χ3n) is 4.97. The van der Waals surface area contributed by atoms with Gasteiger partial charge in [0.25, 0.3) is 5.91 Å². The molecule has 0 saturated heterocycles. The summed E-state index contributed by atoms with van der Waals surface area (Å²) in [7, 11) is 0. The maximum absolute atomic E-state index is 13.1. The number of nitrogens with zero attached hydrogens (tertiary/aromatic N) is 5. The Morgan fingerprint density at radius 1 is 1.07 bits per heavy atom. The normalized spacial score (nSPS) is 11.9. The maximum atomic E-state index is 13.1. The monoisotopic (exact) mass is 400 g/mol. The Balaban J connectivity index is 1.53. The van der Waals surface area contributed by atoms with E-state index in [1.807, 2.05) is 79.2 Å². The summed E-state index contributed by atoms with van der Waals surface area (Å²) in [6, 6.07) is 19.4. The van der Waals surface area contributed by atoms with Gasteiger partial charge in [-0.3, -0.25) is 14.2 Å². The summed E-state index contributed by atoms with van der Waals surface area (Å²) in [6.45, 7) is 5.14. The highest BCUT2D eigenvalue weighted by Crippen LogP contribution is 2.16. The summed E-state index contributed by atoms with van der Waals surface area (Å²) in [4.78, 5) is 17.1. The number of aryl methyl sites for hydroxylation is 2. The number of hydrogen-bond acceptors (Lipinski definition) is 4. The molecule has 7 heteroatoms. The molecular weight excluding hydrogens is 376 g/mol. The van der Waals surface area contributed by atoms with Gasteiger partial charge in [0.15, 0.2) is 0 Å². The number of nitrogens with one attached hydrogen (secondary N) is 1. The standard InChI is InChI=1S/C23H24N6O/c1-17-11-18(2)29(27-17)13-19-7-6-10-21(12-19)23(30)26-22(14-28-16-24-15-25-28)20-8-4-3-5-9-20/h3-12,15-16,22H,13-14H2,1-2H3,(H,26,30). The molecule has 0 aliphatic rings. The van der Waals surface area contributed by atoms with Gasteiger partial charge >= 0.3 is 0 Å². The summed E-state index contributed by atoms with van der Waals surface area (Å²) in [5.41, 5.74) is 4.75. The van der Waals surface area contributed by atoms with Crippen molar-refractivity contribution in [1.29, 1.82) is 0 Å². The van der Waals surface area contributed by atoms with Crippen molar-refractivity contribution in [2.75, 3.05) is 0 Å². The molecule has 1 N–H and O–H groups in total. The molecule has 30 heavy (non-hydrogen) atoms. The van der Waals surface area contributed by atoms with E-state index in [0.717, 1.165) is 22.5 Å². The lowest BCUT2D eigenvalue weighted by atomic mass is 10.1. The van der Waals surface area contributed by atoms with Crippen molar-refractivity contribution < 1.29 is 4.79 Å². The molecule has 2 aromatic heterocycles. The van der Waals surface area contributed by atoms with Crippen molar-refractivity contribution in [3.8, 4) is 0 Å². The first kappa shape index (κ1) is 19.6. The first-order valence-corrected chi connectivity index (χ1v) is 9.87. The van der Waals surface area contributed by atoms with E-state index in [0.29, 0.717) is 18.7 Å². The molecule has 1 unspecified atom stereocenters. The van der Waals surface area contributed by atoms with Crippen LogP contribution in [0.15, 0.2) is 73.3 Å². The zero-order valence-corrected chi connectivity index (χ0v) is 17.1. The average Bonchev–Trinajstić information content (AvgIpc) is 3.37. The molecule has 0 aliphatic carbocycles. The van der Waals surface area contributed by atoms with Crippen LogP contribution in [0.2, 0.25) is 0 Å². The molecule has 0 fully saturated rings. The third-order valence-corrected chi connectivity index (χ3v) is 4.97. The Hall–Kier alpha value is -3.74. The van der Waals surface area contributed by atoms with Crippen LogP contribution in [0.25, 0.3) is 0 Å². The van der Waals surface area contributed by atoms with Crippen LogP contribution in [0.1, 0.15) is 38.9 Å². The molecule has 152 valence electrons. The number of rotatable bonds is 7. The SMILES string of the molecule is Cc1cc(C)n(Cc2cccc(C(=O)NC(Cn3cncn3)c3ccccc3)c2)n1. The minimum Gasteiger partial charge on any atom is -0.343 e. The predicted molar refractivity (Wildman–Crippen MR) is 114 cm³/mol.